The van der Waals surface area contributed by atoms with Gasteiger partial charge in [-0.2, -0.15) is 0 Å². The minimum Gasteiger partial charge on any atom is -0.397 e. The minimum absolute atomic E-state index is 0.143. The van der Waals surface area contributed by atoms with Crippen LogP contribution >= 0.6 is 15.9 Å². The van der Waals surface area contributed by atoms with Crippen LogP contribution in [0, 0.1) is 0 Å². The number of nitrogens with zero attached hydrogens (tertiary/aromatic N) is 1. The molecule has 29 heavy (non-hydrogen) atoms. The highest BCUT2D eigenvalue weighted by Gasteiger charge is 2.37. The largest absolute Gasteiger partial charge is 0.397 e. The molecule has 0 atom stereocenters. The summed E-state index contributed by atoms with van der Waals surface area (Å²) in [4.78, 5) is 32.9. The summed E-state index contributed by atoms with van der Waals surface area (Å²) in [6, 6.07) is 8.36. The van der Waals surface area contributed by atoms with E-state index in [1.54, 1.807) is 49.5 Å². The number of ketones is 2. The quantitative estimate of drug-likeness (QED) is 0.295. The van der Waals surface area contributed by atoms with Crippen molar-refractivity contribution in [2.45, 2.75) is 32.7 Å². The van der Waals surface area contributed by atoms with Crippen LogP contribution in [0.1, 0.15) is 52.6 Å². The Morgan fingerprint density at radius 2 is 1.59 bits per heavy atom. The van der Waals surface area contributed by atoms with Gasteiger partial charge in [0.1, 0.15) is 0 Å². The predicted molar refractivity (Wildman–Crippen MR) is 117 cm³/mol. The molecule has 0 bridgehead atoms. The third-order valence-electron chi connectivity index (χ3n) is 5.11. The van der Waals surface area contributed by atoms with Crippen LogP contribution < -0.4 is 21.4 Å². The molecule has 0 saturated heterocycles. The fourth-order valence-electron chi connectivity index (χ4n) is 3.29. The maximum absolute atomic E-state index is 13.4. The number of carbonyl (C=O) groups is 2. The lowest BCUT2D eigenvalue weighted by atomic mass is 9.82. The molecule has 1 aliphatic rings. The maximum atomic E-state index is 13.4. The Morgan fingerprint density at radius 1 is 1.07 bits per heavy atom. The lowest BCUT2D eigenvalue weighted by molar-refractivity contribution is -0.0930. The first kappa shape index (κ1) is 21.4. The van der Waals surface area contributed by atoms with E-state index in [1.165, 1.54) is 0 Å². The molecule has 7 nitrogen and oxygen atoms in total. The van der Waals surface area contributed by atoms with Gasteiger partial charge in [-0.15, -0.1) is 0 Å². The highest BCUT2D eigenvalue weighted by Crippen LogP contribution is 2.41. The molecule has 0 saturated carbocycles. The first-order valence-electron chi connectivity index (χ1n) is 9.31. The number of hydroxylamine groups is 1. The van der Waals surface area contributed by atoms with Crippen LogP contribution in [0.15, 0.2) is 34.8 Å². The van der Waals surface area contributed by atoms with E-state index in [1.807, 2.05) is 20.8 Å². The molecule has 0 aromatic heterocycles. The summed E-state index contributed by atoms with van der Waals surface area (Å²) in [5.74, 6) is -1.43. The smallest absolute Gasteiger partial charge is 0.197 e. The van der Waals surface area contributed by atoms with E-state index in [-0.39, 0.29) is 34.4 Å². The monoisotopic (exact) mass is 460 g/mol. The van der Waals surface area contributed by atoms with E-state index in [9.17, 15) is 9.59 Å². The Morgan fingerprint density at radius 3 is 2.07 bits per heavy atom. The van der Waals surface area contributed by atoms with Crippen molar-refractivity contribution in [1.29, 1.82) is 0 Å². The number of hydrogen-bond acceptors (Lipinski definition) is 7. The predicted octanol–water partition coefficient (Wildman–Crippen LogP) is 3.07. The Kier molecular flexibility index (Phi) is 5.82. The third-order valence-corrected chi connectivity index (χ3v) is 5.76. The van der Waals surface area contributed by atoms with Gasteiger partial charge in [-0.25, -0.2) is 9.90 Å². The van der Waals surface area contributed by atoms with Gasteiger partial charge >= 0.3 is 0 Å². The molecule has 1 aliphatic carbocycles. The summed E-state index contributed by atoms with van der Waals surface area (Å²) >= 11 is 3.44. The van der Waals surface area contributed by atoms with Crippen molar-refractivity contribution in [2.24, 2.45) is 0 Å². The summed E-state index contributed by atoms with van der Waals surface area (Å²) in [5, 5.41) is 7.74. The Balaban J connectivity index is 2.27. The van der Waals surface area contributed by atoms with Crippen molar-refractivity contribution in [3.63, 3.8) is 0 Å². The zero-order chi connectivity index (χ0) is 21.5. The van der Waals surface area contributed by atoms with E-state index in [0.29, 0.717) is 21.3 Å². The van der Waals surface area contributed by atoms with E-state index >= 15 is 0 Å². The van der Waals surface area contributed by atoms with Gasteiger partial charge < -0.3 is 5.73 Å². The summed E-state index contributed by atoms with van der Waals surface area (Å²) in [5.41, 5.74) is 8.11. The first-order chi connectivity index (χ1) is 13.6. The number of rotatable bonds is 6. The van der Waals surface area contributed by atoms with Crippen molar-refractivity contribution >= 4 is 38.9 Å². The number of hydrogen-bond donors (Lipinski definition) is 3. The standard InChI is InChI=1S/C21H25BrN4O3/c1-11(2)26(29-21(3,24-4)25-5)15-10-14(22)18(23)17-16(15)19(27)12-8-6-7-9-13(12)20(17)28/h6-11,24-25H,23H2,1-5H3. The average molecular weight is 461 g/mol. The lowest BCUT2D eigenvalue weighted by Crippen LogP contribution is -2.58. The summed E-state index contributed by atoms with van der Waals surface area (Å²) in [7, 11) is 3.52. The number of nitrogens with two attached hydrogens (primary N) is 1. The molecule has 0 radical (unpaired) electrons. The second-order valence-corrected chi connectivity index (χ2v) is 8.14. The fraction of sp³-hybridized carbons (Fsp3) is 0.333. The van der Waals surface area contributed by atoms with Crippen LogP contribution in [0.4, 0.5) is 11.4 Å². The number of nitrogens with one attached hydrogen (secondary N) is 2. The van der Waals surface area contributed by atoms with Gasteiger partial charge in [0.25, 0.3) is 0 Å². The van der Waals surface area contributed by atoms with Gasteiger partial charge in [-0.1, -0.05) is 24.3 Å². The Hall–Kier alpha value is -2.26. The normalized spacial score (nSPS) is 13.5. The zero-order valence-corrected chi connectivity index (χ0v) is 18.7. The van der Waals surface area contributed by atoms with E-state index < -0.39 is 5.85 Å². The van der Waals surface area contributed by atoms with Crippen molar-refractivity contribution in [3.8, 4) is 0 Å². The van der Waals surface area contributed by atoms with Crippen LogP contribution in [0.5, 0.6) is 0 Å². The lowest BCUT2D eigenvalue weighted by Gasteiger charge is -2.39. The van der Waals surface area contributed by atoms with Gasteiger partial charge in [0.05, 0.1) is 28.5 Å². The average Bonchev–Trinajstić information content (AvgIpc) is 2.71. The number of carbonyl (C=O) groups excluding carboxylic acids is 2. The van der Waals surface area contributed by atoms with Gasteiger partial charge in [0, 0.05) is 15.6 Å². The van der Waals surface area contributed by atoms with Gasteiger partial charge in [0.2, 0.25) is 0 Å². The third kappa shape index (κ3) is 3.57. The van der Waals surface area contributed by atoms with Crippen molar-refractivity contribution in [2.75, 3.05) is 24.9 Å². The fourth-order valence-corrected chi connectivity index (χ4v) is 3.70. The summed E-state index contributed by atoms with van der Waals surface area (Å²) in [6.45, 7) is 5.69. The summed E-state index contributed by atoms with van der Waals surface area (Å²) in [6.07, 6.45) is 0. The second-order valence-electron chi connectivity index (χ2n) is 7.29. The topological polar surface area (TPSA) is 96.7 Å². The molecule has 0 amide bonds. The first-order valence-corrected chi connectivity index (χ1v) is 10.1. The highest BCUT2D eigenvalue weighted by atomic mass is 79.9. The number of benzene rings is 2. The Bertz CT molecular complexity index is 986. The molecular formula is C21H25BrN4O3. The second kappa shape index (κ2) is 7.87. The molecule has 4 N–H and O–H groups in total. The van der Waals surface area contributed by atoms with Crippen LogP contribution in [-0.2, 0) is 4.84 Å². The molecule has 8 heteroatoms. The van der Waals surface area contributed by atoms with Crippen molar-refractivity contribution in [1.82, 2.24) is 10.6 Å². The Labute approximate surface area is 178 Å². The number of halogens is 1. The van der Waals surface area contributed by atoms with Crippen LogP contribution in [0.2, 0.25) is 0 Å². The van der Waals surface area contributed by atoms with Crippen LogP contribution in [-0.4, -0.2) is 37.6 Å². The van der Waals surface area contributed by atoms with E-state index in [2.05, 4.69) is 26.6 Å². The number of nitrogen functional groups attached to an aromatic ring is 1. The zero-order valence-electron chi connectivity index (χ0n) is 17.1. The van der Waals surface area contributed by atoms with Gasteiger partial charge in [-0.3, -0.25) is 20.2 Å². The number of anilines is 2. The van der Waals surface area contributed by atoms with Crippen molar-refractivity contribution in [3.05, 3.63) is 57.1 Å². The van der Waals surface area contributed by atoms with E-state index in [0.717, 1.165) is 0 Å². The minimum atomic E-state index is -0.898. The highest BCUT2D eigenvalue weighted by molar-refractivity contribution is 9.10. The van der Waals surface area contributed by atoms with Crippen LogP contribution in [0.25, 0.3) is 0 Å². The molecule has 0 unspecified atom stereocenters. The van der Waals surface area contributed by atoms with Crippen LogP contribution in [0.3, 0.4) is 0 Å². The molecular weight excluding hydrogens is 436 g/mol. The molecule has 3 rings (SSSR count). The SMILES string of the molecule is CNC(C)(NC)ON(c1cc(Br)c(N)c2c1C(=O)c1ccccc1C2=O)C(C)C. The molecule has 154 valence electrons. The van der Waals surface area contributed by atoms with Crippen molar-refractivity contribution < 1.29 is 14.4 Å². The maximum Gasteiger partial charge on any atom is 0.197 e. The molecule has 0 spiro atoms. The molecule has 0 fully saturated rings. The molecule has 2 aromatic carbocycles. The molecule has 0 heterocycles. The van der Waals surface area contributed by atoms with Gasteiger partial charge in [-0.05, 0) is 56.9 Å². The molecule has 2 aromatic rings. The van der Waals surface area contributed by atoms with Gasteiger partial charge in [0.15, 0.2) is 17.4 Å². The van der Waals surface area contributed by atoms with E-state index in [4.69, 9.17) is 10.6 Å². The number of fused-ring (bicyclic) bond motifs is 2. The molecule has 0 aliphatic heterocycles. The summed E-state index contributed by atoms with van der Waals surface area (Å²) < 4.78 is 0.525.